The van der Waals surface area contributed by atoms with Crippen LogP contribution >= 0.6 is 11.6 Å². The second-order valence-corrected chi connectivity index (χ2v) is 4.26. The van der Waals surface area contributed by atoms with E-state index in [1.54, 1.807) is 6.21 Å². The third kappa shape index (κ3) is 4.00. The van der Waals surface area contributed by atoms with Gasteiger partial charge in [0.15, 0.2) is 0 Å². The zero-order valence-electron chi connectivity index (χ0n) is 10.6. The minimum absolute atomic E-state index is 0.645. The van der Waals surface area contributed by atoms with E-state index in [1.807, 2.05) is 55.5 Å². The number of hydrogen-bond acceptors (Lipinski definition) is 3. The van der Waals surface area contributed by atoms with Crippen molar-refractivity contribution in [2.45, 2.75) is 6.92 Å². The molecule has 0 bridgehead atoms. The van der Waals surface area contributed by atoms with Crippen LogP contribution in [0.15, 0.2) is 53.6 Å². The Morgan fingerprint density at radius 1 is 1.16 bits per heavy atom. The molecule has 0 aliphatic heterocycles. The molecule has 2 aromatic carbocycles. The largest absolute Gasteiger partial charge is 0.494 e. The maximum atomic E-state index is 6.01. The normalized spacial score (nSPS) is 10.6. The number of para-hydroxylation sites is 1. The smallest absolute Gasteiger partial charge is 0.119 e. The Morgan fingerprint density at radius 3 is 2.58 bits per heavy atom. The first kappa shape index (κ1) is 13.4. The number of halogens is 1. The van der Waals surface area contributed by atoms with Gasteiger partial charge in [-0.2, -0.15) is 5.10 Å². The highest BCUT2D eigenvalue weighted by Gasteiger charge is 1.95. The molecule has 98 valence electrons. The molecule has 0 saturated heterocycles. The second-order valence-electron chi connectivity index (χ2n) is 3.85. The molecule has 1 N–H and O–H groups in total. The monoisotopic (exact) mass is 274 g/mol. The van der Waals surface area contributed by atoms with Gasteiger partial charge in [-0.05, 0) is 48.9 Å². The summed E-state index contributed by atoms with van der Waals surface area (Å²) in [6.07, 6.45) is 1.74. The summed E-state index contributed by atoms with van der Waals surface area (Å²) in [6.45, 7) is 2.63. The molecule has 19 heavy (non-hydrogen) atoms. The van der Waals surface area contributed by atoms with E-state index in [1.165, 1.54) is 0 Å². The Labute approximate surface area is 117 Å². The van der Waals surface area contributed by atoms with Crippen molar-refractivity contribution < 1.29 is 4.74 Å². The van der Waals surface area contributed by atoms with E-state index in [0.29, 0.717) is 11.6 Å². The average molecular weight is 275 g/mol. The van der Waals surface area contributed by atoms with Gasteiger partial charge < -0.3 is 4.74 Å². The Morgan fingerprint density at radius 2 is 1.89 bits per heavy atom. The number of rotatable bonds is 5. The molecule has 0 radical (unpaired) electrons. The molecule has 0 fully saturated rings. The lowest BCUT2D eigenvalue weighted by atomic mass is 10.2. The van der Waals surface area contributed by atoms with Crippen molar-refractivity contribution in [3.8, 4) is 5.75 Å². The van der Waals surface area contributed by atoms with Gasteiger partial charge in [0.1, 0.15) is 5.75 Å². The van der Waals surface area contributed by atoms with Gasteiger partial charge in [-0.15, -0.1) is 0 Å². The summed E-state index contributed by atoms with van der Waals surface area (Å²) in [4.78, 5) is 0. The van der Waals surface area contributed by atoms with E-state index in [4.69, 9.17) is 16.3 Å². The third-order valence-corrected chi connectivity index (χ3v) is 2.79. The van der Waals surface area contributed by atoms with E-state index in [0.717, 1.165) is 17.0 Å². The lowest BCUT2D eigenvalue weighted by Crippen LogP contribution is -1.93. The van der Waals surface area contributed by atoms with Crippen LogP contribution in [-0.4, -0.2) is 12.8 Å². The van der Waals surface area contributed by atoms with Crippen molar-refractivity contribution in [2.75, 3.05) is 12.0 Å². The summed E-state index contributed by atoms with van der Waals surface area (Å²) in [5, 5.41) is 4.79. The SMILES string of the molecule is CCOc1ccc(/C=N/Nc2ccccc2Cl)cc1. The number of nitrogens with zero attached hydrogens (tertiary/aromatic N) is 1. The Balaban J connectivity index is 1.97. The van der Waals surface area contributed by atoms with Crippen LogP contribution < -0.4 is 10.2 Å². The molecule has 0 saturated carbocycles. The molecule has 0 aliphatic rings. The first-order chi connectivity index (χ1) is 9.29. The van der Waals surface area contributed by atoms with Crippen LogP contribution in [0.1, 0.15) is 12.5 Å². The number of ether oxygens (including phenoxy) is 1. The standard InChI is InChI=1S/C15H15ClN2O/c1-2-19-13-9-7-12(8-10-13)11-17-18-15-6-4-3-5-14(15)16/h3-11,18H,2H2,1H3/b17-11+. The van der Waals surface area contributed by atoms with Crippen LogP contribution in [0.5, 0.6) is 5.75 Å². The molecule has 4 heteroatoms. The van der Waals surface area contributed by atoms with Gasteiger partial charge in [-0.25, -0.2) is 0 Å². The number of benzene rings is 2. The average Bonchev–Trinajstić information content (AvgIpc) is 2.43. The molecule has 0 heterocycles. The molecule has 0 aromatic heterocycles. The number of hydrogen-bond donors (Lipinski definition) is 1. The van der Waals surface area contributed by atoms with Crippen LogP contribution in [0.2, 0.25) is 5.02 Å². The van der Waals surface area contributed by atoms with Gasteiger partial charge in [0.2, 0.25) is 0 Å². The van der Waals surface area contributed by atoms with Crippen molar-refractivity contribution in [3.63, 3.8) is 0 Å². The van der Waals surface area contributed by atoms with Gasteiger partial charge >= 0.3 is 0 Å². The first-order valence-electron chi connectivity index (χ1n) is 6.06. The first-order valence-corrected chi connectivity index (χ1v) is 6.44. The summed E-state index contributed by atoms with van der Waals surface area (Å²) in [7, 11) is 0. The Bertz CT molecular complexity index is 552. The van der Waals surface area contributed by atoms with Crippen LogP contribution in [0, 0.1) is 0 Å². The number of hydrazone groups is 1. The molecular formula is C15H15ClN2O. The molecule has 2 rings (SSSR count). The van der Waals surface area contributed by atoms with Crippen LogP contribution in [-0.2, 0) is 0 Å². The quantitative estimate of drug-likeness (QED) is 0.655. The maximum absolute atomic E-state index is 6.01. The van der Waals surface area contributed by atoms with Crippen LogP contribution in [0.4, 0.5) is 5.69 Å². The zero-order valence-corrected chi connectivity index (χ0v) is 11.4. The predicted molar refractivity (Wildman–Crippen MR) is 80.3 cm³/mol. The fourth-order valence-electron chi connectivity index (χ4n) is 1.55. The minimum Gasteiger partial charge on any atom is -0.494 e. The topological polar surface area (TPSA) is 33.6 Å². The van der Waals surface area contributed by atoms with E-state index >= 15 is 0 Å². The zero-order chi connectivity index (χ0) is 13.5. The molecule has 3 nitrogen and oxygen atoms in total. The molecule has 0 atom stereocenters. The summed E-state index contributed by atoms with van der Waals surface area (Å²) >= 11 is 6.01. The number of nitrogens with one attached hydrogen (secondary N) is 1. The van der Waals surface area contributed by atoms with Crippen molar-refractivity contribution in [3.05, 3.63) is 59.1 Å². The van der Waals surface area contributed by atoms with E-state index < -0.39 is 0 Å². The molecular weight excluding hydrogens is 260 g/mol. The van der Waals surface area contributed by atoms with Crippen molar-refractivity contribution in [1.29, 1.82) is 0 Å². The molecule has 0 amide bonds. The Hall–Kier alpha value is -2.00. The summed E-state index contributed by atoms with van der Waals surface area (Å²) in [6, 6.07) is 15.2. The second kappa shape index (κ2) is 6.81. The van der Waals surface area contributed by atoms with Gasteiger partial charge in [0, 0.05) is 0 Å². The van der Waals surface area contributed by atoms with Crippen molar-refractivity contribution in [2.24, 2.45) is 5.10 Å². The molecule has 0 unspecified atom stereocenters. The molecule has 0 spiro atoms. The highest BCUT2D eigenvalue weighted by Crippen LogP contribution is 2.20. The summed E-state index contributed by atoms with van der Waals surface area (Å²) in [5.41, 5.74) is 4.68. The Kier molecular flexibility index (Phi) is 4.81. The fraction of sp³-hybridized carbons (Fsp3) is 0.133. The molecule has 2 aromatic rings. The fourth-order valence-corrected chi connectivity index (χ4v) is 1.72. The van der Waals surface area contributed by atoms with Crippen LogP contribution in [0.25, 0.3) is 0 Å². The highest BCUT2D eigenvalue weighted by molar-refractivity contribution is 6.33. The highest BCUT2D eigenvalue weighted by atomic mass is 35.5. The van der Waals surface area contributed by atoms with Gasteiger partial charge in [0.05, 0.1) is 23.5 Å². The third-order valence-electron chi connectivity index (χ3n) is 2.46. The maximum Gasteiger partial charge on any atom is 0.119 e. The van der Waals surface area contributed by atoms with Gasteiger partial charge in [-0.3, -0.25) is 5.43 Å². The lowest BCUT2D eigenvalue weighted by Gasteiger charge is -2.03. The van der Waals surface area contributed by atoms with E-state index in [9.17, 15) is 0 Å². The van der Waals surface area contributed by atoms with Crippen molar-refractivity contribution >= 4 is 23.5 Å². The summed E-state index contributed by atoms with van der Waals surface area (Å²) < 4.78 is 5.37. The summed E-state index contributed by atoms with van der Waals surface area (Å²) in [5.74, 6) is 0.860. The van der Waals surface area contributed by atoms with Crippen LogP contribution in [0.3, 0.4) is 0 Å². The van der Waals surface area contributed by atoms with E-state index in [-0.39, 0.29) is 0 Å². The van der Waals surface area contributed by atoms with E-state index in [2.05, 4.69) is 10.5 Å². The van der Waals surface area contributed by atoms with Gasteiger partial charge in [-0.1, -0.05) is 23.7 Å². The van der Waals surface area contributed by atoms with Gasteiger partial charge in [0.25, 0.3) is 0 Å². The minimum atomic E-state index is 0.645. The molecule has 0 aliphatic carbocycles. The predicted octanol–water partition coefficient (Wildman–Crippen LogP) is 4.18. The van der Waals surface area contributed by atoms with Crippen molar-refractivity contribution in [1.82, 2.24) is 0 Å². The number of anilines is 1. The lowest BCUT2D eigenvalue weighted by molar-refractivity contribution is 0.340.